The number of anilines is 1. The van der Waals surface area contributed by atoms with Crippen LogP contribution in [0.1, 0.15) is 106 Å². The summed E-state index contributed by atoms with van der Waals surface area (Å²) < 4.78 is 0. The van der Waals surface area contributed by atoms with E-state index in [9.17, 15) is 9.90 Å². The summed E-state index contributed by atoms with van der Waals surface area (Å²) in [6, 6.07) is 13.7. The summed E-state index contributed by atoms with van der Waals surface area (Å²) in [7, 11) is 0. The number of fused-ring (bicyclic) bond motifs is 1. The molecule has 5 heteroatoms. The third-order valence-electron chi connectivity index (χ3n) is 7.81. The first-order chi connectivity index (χ1) is 18.1. The van der Waals surface area contributed by atoms with Crippen LogP contribution in [0, 0.1) is 11.3 Å². The van der Waals surface area contributed by atoms with E-state index in [4.69, 9.17) is 4.99 Å². The molecule has 0 saturated carbocycles. The lowest BCUT2D eigenvalue weighted by Gasteiger charge is -2.33. The van der Waals surface area contributed by atoms with Crippen molar-refractivity contribution in [3.8, 4) is 5.75 Å². The Morgan fingerprint density at radius 1 is 0.974 bits per heavy atom. The molecule has 4 nitrogen and oxygen atoms in total. The van der Waals surface area contributed by atoms with Gasteiger partial charge in [0.1, 0.15) is 10.8 Å². The Morgan fingerprint density at radius 3 is 2.10 bits per heavy atom. The minimum absolute atomic E-state index is 0.100. The number of rotatable bonds is 4. The molecule has 0 spiro atoms. The molecule has 1 heterocycles. The monoisotopic (exact) mass is 544 g/mol. The molecular weight excluding hydrogens is 500 g/mol. The molecule has 39 heavy (non-hydrogen) atoms. The molecule has 0 unspecified atom stereocenters. The lowest BCUT2D eigenvalue weighted by atomic mass is 9.72. The van der Waals surface area contributed by atoms with E-state index in [2.05, 4.69) is 67.6 Å². The highest BCUT2D eigenvalue weighted by Crippen LogP contribution is 2.46. The number of benzene rings is 2. The van der Waals surface area contributed by atoms with E-state index >= 15 is 0 Å². The number of para-hydroxylation sites is 1. The minimum atomic E-state index is -0.224. The first-order valence-corrected chi connectivity index (χ1v) is 14.8. The van der Waals surface area contributed by atoms with E-state index in [1.165, 1.54) is 4.88 Å². The molecule has 0 saturated heterocycles. The largest absolute Gasteiger partial charge is 0.507 e. The number of thiophene rings is 1. The maximum atomic E-state index is 13.7. The smallest absolute Gasteiger partial charge is 0.259 e. The van der Waals surface area contributed by atoms with E-state index in [-0.39, 0.29) is 22.2 Å². The normalized spacial score (nSPS) is 16.4. The Labute approximate surface area is 238 Å². The Hall–Kier alpha value is -2.92. The number of nitrogens with one attached hydrogen (secondary N) is 1. The number of carbonyl (C=O) groups excluding carboxylic acids is 1. The third-order valence-corrected chi connectivity index (χ3v) is 8.97. The molecule has 1 atom stereocenters. The van der Waals surface area contributed by atoms with Gasteiger partial charge < -0.3 is 10.4 Å². The number of phenolic OH excluding ortho intramolecular Hbond substituents is 1. The van der Waals surface area contributed by atoms with E-state index in [0.29, 0.717) is 17.2 Å². The van der Waals surface area contributed by atoms with Gasteiger partial charge in [0.25, 0.3) is 5.91 Å². The second-order valence-electron chi connectivity index (χ2n) is 14.0. The highest BCUT2D eigenvalue weighted by atomic mass is 32.1. The summed E-state index contributed by atoms with van der Waals surface area (Å²) in [6.07, 6.45) is 4.81. The molecule has 1 aromatic heterocycles. The molecule has 0 bridgehead atoms. The molecule has 4 rings (SSSR count). The molecule has 0 aliphatic heterocycles. The molecule has 1 amide bonds. The highest BCUT2D eigenvalue weighted by Gasteiger charge is 2.34. The van der Waals surface area contributed by atoms with E-state index in [0.717, 1.165) is 52.2 Å². The van der Waals surface area contributed by atoms with Crippen molar-refractivity contribution in [1.29, 1.82) is 0 Å². The first-order valence-electron chi connectivity index (χ1n) is 14.0. The van der Waals surface area contributed by atoms with Gasteiger partial charge in [0, 0.05) is 27.9 Å². The highest BCUT2D eigenvalue weighted by molar-refractivity contribution is 7.16. The van der Waals surface area contributed by atoms with Crippen LogP contribution in [0.25, 0.3) is 0 Å². The summed E-state index contributed by atoms with van der Waals surface area (Å²) >= 11 is 1.65. The van der Waals surface area contributed by atoms with E-state index in [1.54, 1.807) is 11.3 Å². The van der Waals surface area contributed by atoms with Crippen molar-refractivity contribution in [2.75, 3.05) is 5.32 Å². The van der Waals surface area contributed by atoms with Crippen LogP contribution in [0.3, 0.4) is 0 Å². The van der Waals surface area contributed by atoms with Gasteiger partial charge in [-0.15, -0.1) is 11.3 Å². The van der Waals surface area contributed by atoms with Gasteiger partial charge >= 0.3 is 0 Å². The minimum Gasteiger partial charge on any atom is -0.507 e. The van der Waals surface area contributed by atoms with Gasteiger partial charge in [-0.2, -0.15) is 0 Å². The van der Waals surface area contributed by atoms with Gasteiger partial charge in [0.2, 0.25) is 0 Å². The first kappa shape index (κ1) is 29.1. The second-order valence-corrected chi connectivity index (χ2v) is 15.1. The SMILES string of the molecule is CC(C)(C)c1cc(C=Nc2sc3c(c2C(=O)Nc2ccccc2)CC[C@@H](C(C)(C)C)C3)cc(C(C)(C)C)c1O. The Kier molecular flexibility index (Phi) is 7.88. The Morgan fingerprint density at radius 2 is 1.56 bits per heavy atom. The topological polar surface area (TPSA) is 61.7 Å². The molecule has 1 aliphatic carbocycles. The molecular formula is C34H44N2O2S. The quantitative estimate of drug-likeness (QED) is 0.322. The van der Waals surface area contributed by atoms with Crippen molar-refractivity contribution in [1.82, 2.24) is 0 Å². The zero-order chi connectivity index (χ0) is 28.8. The van der Waals surface area contributed by atoms with Crippen LogP contribution >= 0.6 is 11.3 Å². The van der Waals surface area contributed by atoms with Crippen LogP contribution in [0.4, 0.5) is 10.7 Å². The number of nitrogens with zero attached hydrogens (tertiary/aromatic N) is 1. The fourth-order valence-electron chi connectivity index (χ4n) is 5.36. The van der Waals surface area contributed by atoms with Crippen molar-refractivity contribution in [3.05, 3.63) is 75.2 Å². The van der Waals surface area contributed by atoms with Gasteiger partial charge in [-0.05, 0) is 76.8 Å². The van der Waals surface area contributed by atoms with Gasteiger partial charge in [-0.1, -0.05) is 80.5 Å². The fraction of sp³-hybridized carbons (Fsp3) is 0.471. The molecule has 3 aromatic rings. The standard InChI is InChI=1S/C34H44N2O2S/c1-32(2,3)22-15-16-24-27(19-22)39-31(28(24)30(38)36-23-13-11-10-12-14-23)35-20-21-17-25(33(4,5)6)29(37)26(18-21)34(7,8)9/h10-14,17-18,20,22,37H,15-16,19H2,1-9H3,(H,36,38)/t22-/m1/s1. The summed E-state index contributed by atoms with van der Waals surface area (Å²) in [5.74, 6) is 0.831. The van der Waals surface area contributed by atoms with Crippen LogP contribution in [-0.4, -0.2) is 17.2 Å². The van der Waals surface area contributed by atoms with Gasteiger partial charge in [-0.3, -0.25) is 4.79 Å². The summed E-state index contributed by atoms with van der Waals surface area (Å²) in [5, 5.41) is 15.0. The molecule has 2 N–H and O–H groups in total. The summed E-state index contributed by atoms with van der Waals surface area (Å²) in [4.78, 5) is 19.9. The van der Waals surface area contributed by atoms with Crippen LogP contribution < -0.4 is 5.32 Å². The second kappa shape index (κ2) is 10.6. The Balaban J connectivity index is 1.79. The number of phenols is 1. The van der Waals surface area contributed by atoms with Gasteiger partial charge in [-0.25, -0.2) is 4.99 Å². The van der Waals surface area contributed by atoms with Crippen LogP contribution in [0.5, 0.6) is 5.75 Å². The predicted octanol–water partition coefficient (Wildman–Crippen LogP) is 9.20. The number of hydrogen-bond donors (Lipinski definition) is 2. The predicted molar refractivity (Wildman–Crippen MR) is 166 cm³/mol. The fourth-order valence-corrected chi connectivity index (χ4v) is 6.63. The maximum Gasteiger partial charge on any atom is 0.259 e. The summed E-state index contributed by atoms with van der Waals surface area (Å²) in [6.45, 7) is 19.6. The van der Waals surface area contributed by atoms with Crippen molar-refractivity contribution in [2.45, 2.75) is 92.4 Å². The molecule has 0 radical (unpaired) electrons. The maximum absolute atomic E-state index is 13.7. The molecule has 2 aromatic carbocycles. The number of amides is 1. The zero-order valence-corrected chi connectivity index (χ0v) is 25.8. The average molecular weight is 545 g/mol. The number of aliphatic imine (C=N–C) groups is 1. The number of aromatic hydroxyl groups is 1. The van der Waals surface area contributed by atoms with Crippen molar-refractivity contribution < 1.29 is 9.90 Å². The average Bonchev–Trinajstić information content (AvgIpc) is 3.19. The van der Waals surface area contributed by atoms with Crippen LogP contribution in [-0.2, 0) is 23.7 Å². The summed E-state index contributed by atoms with van der Waals surface area (Å²) in [5.41, 5.74) is 5.13. The van der Waals surface area contributed by atoms with Crippen LogP contribution in [0.15, 0.2) is 47.5 Å². The van der Waals surface area contributed by atoms with Crippen molar-refractivity contribution in [3.63, 3.8) is 0 Å². The number of hydrogen-bond acceptors (Lipinski definition) is 4. The van der Waals surface area contributed by atoms with Gasteiger partial charge in [0.05, 0.1) is 5.56 Å². The third kappa shape index (κ3) is 6.46. The van der Waals surface area contributed by atoms with Crippen LogP contribution in [0.2, 0.25) is 0 Å². The van der Waals surface area contributed by atoms with Gasteiger partial charge in [0.15, 0.2) is 0 Å². The van der Waals surface area contributed by atoms with Crippen molar-refractivity contribution >= 4 is 34.1 Å². The molecule has 208 valence electrons. The number of carbonyl (C=O) groups is 1. The van der Waals surface area contributed by atoms with Crippen molar-refractivity contribution in [2.24, 2.45) is 16.3 Å². The Bertz CT molecular complexity index is 1340. The van der Waals surface area contributed by atoms with E-state index in [1.807, 2.05) is 48.7 Å². The zero-order valence-electron chi connectivity index (χ0n) is 25.0. The lowest BCUT2D eigenvalue weighted by molar-refractivity contribution is 0.102. The lowest BCUT2D eigenvalue weighted by Crippen LogP contribution is -2.27. The molecule has 0 fully saturated rings. The molecule has 1 aliphatic rings. The van der Waals surface area contributed by atoms with E-state index < -0.39 is 0 Å².